The number of carbonyl (C=O) groups excluding carboxylic acids is 1. The first-order valence-electron chi connectivity index (χ1n) is 5.35. The lowest BCUT2D eigenvalue weighted by molar-refractivity contribution is -0.137. The maximum absolute atomic E-state index is 12.5. The number of hydrogen-bond acceptors (Lipinski definition) is 2. The molecular formula is C12H15F3N2O. The normalized spacial score (nSPS) is 12.3. The minimum atomic E-state index is -4.46. The van der Waals surface area contributed by atoms with Gasteiger partial charge in [0.05, 0.1) is 5.56 Å². The molecule has 1 rings (SSSR count). The van der Waals surface area contributed by atoms with Gasteiger partial charge < -0.3 is 11.1 Å². The van der Waals surface area contributed by atoms with Crippen LogP contribution in [0, 0.1) is 0 Å². The molecule has 0 aromatic heterocycles. The molecule has 18 heavy (non-hydrogen) atoms. The summed E-state index contributed by atoms with van der Waals surface area (Å²) in [5.74, 6) is -0.573. The lowest BCUT2D eigenvalue weighted by atomic mass is 10.0. The number of carbonyl (C=O) groups is 1. The van der Waals surface area contributed by atoms with Crippen molar-refractivity contribution in [2.45, 2.75) is 25.6 Å². The Bertz CT molecular complexity index is 441. The Kier molecular flexibility index (Phi) is 4.01. The molecule has 3 N–H and O–H groups in total. The minimum Gasteiger partial charge on any atom is -0.346 e. The van der Waals surface area contributed by atoms with E-state index in [1.807, 2.05) is 0 Å². The van der Waals surface area contributed by atoms with Crippen LogP contribution in [0.1, 0.15) is 29.8 Å². The van der Waals surface area contributed by atoms with Gasteiger partial charge in [-0.15, -0.1) is 0 Å². The number of halogens is 3. The molecule has 0 unspecified atom stereocenters. The van der Waals surface area contributed by atoms with E-state index in [4.69, 9.17) is 5.73 Å². The van der Waals surface area contributed by atoms with Crippen LogP contribution < -0.4 is 11.1 Å². The minimum absolute atomic E-state index is 0.0358. The summed E-state index contributed by atoms with van der Waals surface area (Å²) in [7, 11) is 0. The summed E-state index contributed by atoms with van der Waals surface area (Å²) in [5.41, 5.74) is 3.89. The lowest BCUT2D eigenvalue weighted by Crippen LogP contribution is -2.48. The largest absolute Gasteiger partial charge is 0.416 e. The molecular weight excluding hydrogens is 245 g/mol. The molecule has 0 fully saturated rings. The first kappa shape index (κ1) is 14.5. The van der Waals surface area contributed by atoms with Gasteiger partial charge in [-0.3, -0.25) is 4.79 Å². The van der Waals surface area contributed by atoms with Crippen LogP contribution in [0.4, 0.5) is 13.2 Å². The van der Waals surface area contributed by atoms with Crippen LogP contribution in [0.25, 0.3) is 0 Å². The van der Waals surface area contributed by atoms with E-state index >= 15 is 0 Å². The van der Waals surface area contributed by atoms with Crippen molar-refractivity contribution in [2.75, 3.05) is 6.54 Å². The zero-order valence-corrected chi connectivity index (χ0v) is 10.1. The molecule has 1 amide bonds. The molecule has 0 aliphatic carbocycles. The molecule has 0 heterocycles. The average molecular weight is 260 g/mol. The van der Waals surface area contributed by atoms with Crippen LogP contribution in [0.15, 0.2) is 24.3 Å². The molecule has 0 saturated carbocycles. The van der Waals surface area contributed by atoms with E-state index in [2.05, 4.69) is 5.32 Å². The van der Waals surface area contributed by atoms with Crippen LogP contribution in [0.3, 0.4) is 0 Å². The van der Waals surface area contributed by atoms with Gasteiger partial charge in [0.25, 0.3) is 5.91 Å². The quantitative estimate of drug-likeness (QED) is 0.875. The SMILES string of the molecule is CC(C)(CN)NC(=O)c1cccc(C(F)(F)F)c1. The summed E-state index contributed by atoms with van der Waals surface area (Å²) in [4.78, 5) is 11.8. The zero-order valence-electron chi connectivity index (χ0n) is 10.1. The maximum Gasteiger partial charge on any atom is 0.416 e. The van der Waals surface area contributed by atoms with Crippen molar-refractivity contribution >= 4 is 5.91 Å². The highest BCUT2D eigenvalue weighted by Crippen LogP contribution is 2.29. The van der Waals surface area contributed by atoms with E-state index in [9.17, 15) is 18.0 Å². The molecule has 100 valence electrons. The van der Waals surface area contributed by atoms with Gasteiger partial charge in [0.2, 0.25) is 0 Å². The molecule has 0 aliphatic rings. The van der Waals surface area contributed by atoms with E-state index in [0.717, 1.165) is 12.1 Å². The monoisotopic (exact) mass is 260 g/mol. The van der Waals surface area contributed by atoms with Gasteiger partial charge in [-0.1, -0.05) is 6.07 Å². The van der Waals surface area contributed by atoms with Crippen LogP contribution in [0.2, 0.25) is 0 Å². The van der Waals surface area contributed by atoms with Crippen molar-refractivity contribution in [1.29, 1.82) is 0 Å². The first-order chi connectivity index (χ1) is 8.15. The smallest absolute Gasteiger partial charge is 0.346 e. The second kappa shape index (κ2) is 4.97. The fraction of sp³-hybridized carbons (Fsp3) is 0.417. The second-order valence-electron chi connectivity index (χ2n) is 4.62. The van der Waals surface area contributed by atoms with Gasteiger partial charge in [-0.25, -0.2) is 0 Å². The topological polar surface area (TPSA) is 55.1 Å². The predicted molar refractivity (Wildman–Crippen MR) is 62.0 cm³/mol. The van der Waals surface area contributed by atoms with Gasteiger partial charge in [-0.05, 0) is 32.0 Å². The number of amides is 1. The van der Waals surface area contributed by atoms with Crippen molar-refractivity contribution in [2.24, 2.45) is 5.73 Å². The Balaban J connectivity index is 2.94. The summed E-state index contributed by atoms with van der Waals surface area (Å²) in [6.45, 7) is 3.58. The highest BCUT2D eigenvalue weighted by atomic mass is 19.4. The van der Waals surface area contributed by atoms with Crippen molar-refractivity contribution in [3.8, 4) is 0 Å². The van der Waals surface area contributed by atoms with Crippen LogP contribution in [-0.4, -0.2) is 18.0 Å². The van der Waals surface area contributed by atoms with Crippen molar-refractivity contribution in [3.63, 3.8) is 0 Å². The highest BCUT2D eigenvalue weighted by Gasteiger charge is 2.31. The van der Waals surface area contributed by atoms with Gasteiger partial charge in [0.15, 0.2) is 0 Å². The van der Waals surface area contributed by atoms with Gasteiger partial charge in [0.1, 0.15) is 0 Å². The molecule has 0 atom stereocenters. The van der Waals surface area contributed by atoms with Crippen LogP contribution in [0.5, 0.6) is 0 Å². The van der Waals surface area contributed by atoms with E-state index in [0.29, 0.717) is 0 Å². The zero-order chi connectivity index (χ0) is 14.0. The summed E-state index contributed by atoms with van der Waals surface area (Å²) < 4.78 is 37.5. The molecule has 1 aromatic rings. The van der Waals surface area contributed by atoms with E-state index in [-0.39, 0.29) is 12.1 Å². The summed E-state index contributed by atoms with van der Waals surface area (Å²) in [6, 6.07) is 4.27. The Morgan fingerprint density at radius 2 is 1.94 bits per heavy atom. The third kappa shape index (κ3) is 3.73. The molecule has 0 aliphatic heterocycles. The van der Waals surface area contributed by atoms with Gasteiger partial charge in [0, 0.05) is 17.6 Å². The highest BCUT2D eigenvalue weighted by molar-refractivity contribution is 5.94. The Morgan fingerprint density at radius 1 is 1.33 bits per heavy atom. The summed E-state index contributed by atoms with van der Waals surface area (Å²) in [6.07, 6.45) is -4.46. The van der Waals surface area contributed by atoms with Crippen molar-refractivity contribution in [3.05, 3.63) is 35.4 Å². The molecule has 0 saturated heterocycles. The average Bonchev–Trinajstić information content (AvgIpc) is 2.27. The van der Waals surface area contributed by atoms with Crippen LogP contribution in [-0.2, 0) is 6.18 Å². The molecule has 0 radical (unpaired) electrons. The van der Waals surface area contributed by atoms with E-state index in [1.165, 1.54) is 12.1 Å². The number of nitrogens with one attached hydrogen (secondary N) is 1. The number of benzene rings is 1. The molecule has 0 spiro atoms. The van der Waals surface area contributed by atoms with E-state index < -0.39 is 23.2 Å². The molecule has 6 heteroatoms. The Hall–Kier alpha value is -1.56. The number of alkyl halides is 3. The maximum atomic E-state index is 12.5. The Morgan fingerprint density at radius 3 is 2.44 bits per heavy atom. The van der Waals surface area contributed by atoms with Crippen molar-refractivity contribution < 1.29 is 18.0 Å². The number of nitrogens with two attached hydrogens (primary N) is 1. The predicted octanol–water partition coefficient (Wildman–Crippen LogP) is 2.17. The third-order valence-corrected chi connectivity index (χ3v) is 2.41. The third-order valence-electron chi connectivity index (χ3n) is 2.41. The Labute approximate surface area is 103 Å². The summed E-state index contributed by atoms with van der Waals surface area (Å²) in [5, 5.41) is 2.57. The number of rotatable bonds is 3. The first-order valence-corrected chi connectivity index (χ1v) is 5.35. The molecule has 3 nitrogen and oxygen atoms in total. The fourth-order valence-corrected chi connectivity index (χ4v) is 1.27. The summed E-state index contributed by atoms with van der Waals surface area (Å²) >= 11 is 0. The molecule has 1 aromatic carbocycles. The van der Waals surface area contributed by atoms with Crippen LogP contribution >= 0.6 is 0 Å². The van der Waals surface area contributed by atoms with Gasteiger partial charge in [-0.2, -0.15) is 13.2 Å². The number of hydrogen-bond donors (Lipinski definition) is 2. The lowest BCUT2D eigenvalue weighted by Gasteiger charge is -2.24. The van der Waals surface area contributed by atoms with E-state index in [1.54, 1.807) is 13.8 Å². The molecule has 0 bridgehead atoms. The fourth-order valence-electron chi connectivity index (χ4n) is 1.27. The standard InChI is InChI=1S/C12H15F3N2O/c1-11(2,7-16)17-10(18)8-4-3-5-9(6-8)12(13,14)15/h3-6H,7,16H2,1-2H3,(H,17,18). The van der Waals surface area contributed by atoms with Gasteiger partial charge >= 0.3 is 6.18 Å². The van der Waals surface area contributed by atoms with Crippen molar-refractivity contribution in [1.82, 2.24) is 5.32 Å². The second-order valence-corrected chi connectivity index (χ2v) is 4.62.